The SMILES string of the molecule is COC(=O)CCc1cccc(-n2c(N)c3c(cc2=O)C(=O)NC3=O)c1. The summed E-state index contributed by atoms with van der Waals surface area (Å²) < 4.78 is 5.77. The lowest BCUT2D eigenvalue weighted by atomic mass is 10.1. The zero-order valence-corrected chi connectivity index (χ0v) is 13.4. The summed E-state index contributed by atoms with van der Waals surface area (Å²) >= 11 is 0. The Labute approximate surface area is 142 Å². The van der Waals surface area contributed by atoms with Crippen molar-refractivity contribution in [2.45, 2.75) is 12.8 Å². The van der Waals surface area contributed by atoms with Gasteiger partial charge in [0, 0.05) is 12.5 Å². The predicted octanol–water partition coefficient (Wildman–Crippen LogP) is 0.409. The van der Waals surface area contributed by atoms with Crippen molar-refractivity contribution in [2.24, 2.45) is 0 Å². The molecule has 0 saturated carbocycles. The number of amides is 2. The molecule has 0 saturated heterocycles. The predicted molar refractivity (Wildman–Crippen MR) is 88.6 cm³/mol. The van der Waals surface area contributed by atoms with E-state index in [1.54, 1.807) is 24.3 Å². The number of rotatable bonds is 4. The zero-order valence-electron chi connectivity index (χ0n) is 13.4. The van der Waals surface area contributed by atoms with Gasteiger partial charge in [0.05, 0.1) is 23.9 Å². The molecular weight excluding hydrogens is 326 g/mol. The summed E-state index contributed by atoms with van der Waals surface area (Å²) in [7, 11) is 1.32. The monoisotopic (exact) mass is 341 g/mol. The number of nitrogens with zero attached hydrogens (tertiary/aromatic N) is 1. The van der Waals surface area contributed by atoms with Gasteiger partial charge in [-0.1, -0.05) is 12.1 Å². The van der Waals surface area contributed by atoms with E-state index in [1.807, 2.05) is 0 Å². The number of carbonyl (C=O) groups is 3. The van der Waals surface area contributed by atoms with E-state index in [0.717, 1.165) is 11.6 Å². The maximum absolute atomic E-state index is 12.4. The molecule has 128 valence electrons. The van der Waals surface area contributed by atoms with Crippen molar-refractivity contribution in [1.29, 1.82) is 0 Å². The highest BCUT2D eigenvalue weighted by Crippen LogP contribution is 2.23. The number of fused-ring (bicyclic) bond motifs is 1. The van der Waals surface area contributed by atoms with Crippen molar-refractivity contribution in [2.75, 3.05) is 12.8 Å². The fourth-order valence-corrected chi connectivity index (χ4v) is 2.75. The van der Waals surface area contributed by atoms with Gasteiger partial charge in [0.25, 0.3) is 17.4 Å². The maximum atomic E-state index is 12.4. The second-order valence-corrected chi connectivity index (χ2v) is 5.52. The average Bonchev–Trinajstić information content (AvgIpc) is 2.87. The van der Waals surface area contributed by atoms with E-state index < -0.39 is 17.4 Å². The number of anilines is 1. The summed E-state index contributed by atoms with van der Waals surface area (Å²) in [6, 6.07) is 7.96. The number of aryl methyl sites for hydroxylation is 1. The number of carbonyl (C=O) groups excluding carboxylic acids is 3. The summed E-state index contributed by atoms with van der Waals surface area (Å²) in [4.78, 5) is 47.2. The number of benzene rings is 1. The fraction of sp³-hybridized carbons (Fsp3) is 0.176. The van der Waals surface area contributed by atoms with Crippen molar-refractivity contribution >= 4 is 23.6 Å². The van der Waals surface area contributed by atoms with Gasteiger partial charge in [0.15, 0.2) is 0 Å². The standard InChI is InChI=1S/C17H15N3O5/c1-25-13(22)6-5-9-3-2-4-10(7-9)20-12(21)8-11-14(15(20)18)17(24)19-16(11)23/h2-4,7-8H,5-6,18H2,1H3,(H,19,23,24). The number of esters is 1. The van der Waals surface area contributed by atoms with Crippen LogP contribution in [0.3, 0.4) is 0 Å². The summed E-state index contributed by atoms with van der Waals surface area (Å²) in [6.07, 6.45) is 0.629. The minimum Gasteiger partial charge on any atom is -0.469 e. The van der Waals surface area contributed by atoms with E-state index in [9.17, 15) is 19.2 Å². The highest BCUT2D eigenvalue weighted by Gasteiger charge is 2.31. The van der Waals surface area contributed by atoms with Gasteiger partial charge in [-0.15, -0.1) is 0 Å². The summed E-state index contributed by atoms with van der Waals surface area (Å²) in [6.45, 7) is 0. The Bertz CT molecular complexity index is 961. The molecule has 0 unspecified atom stereocenters. The second kappa shape index (κ2) is 6.23. The molecule has 0 atom stereocenters. The van der Waals surface area contributed by atoms with Gasteiger partial charge in [0.2, 0.25) is 0 Å². The lowest BCUT2D eigenvalue weighted by Crippen LogP contribution is -2.24. The Balaban J connectivity index is 2.05. The molecule has 2 heterocycles. The van der Waals surface area contributed by atoms with Crippen LogP contribution in [0.5, 0.6) is 0 Å². The molecule has 8 nitrogen and oxygen atoms in total. The first kappa shape index (κ1) is 16.4. The van der Waals surface area contributed by atoms with Gasteiger partial charge in [-0.2, -0.15) is 0 Å². The molecule has 0 radical (unpaired) electrons. The number of hydrogen-bond donors (Lipinski definition) is 2. The number of nitrogen functional groups attached to an aromatic ring is 1. The van der Waals surface area contributed by atoms with Crippen LogP contribution in [0.15, 0.2) is 35.1 Å². The lowest BCUT2D eigenvalue weighted by molar-refractivity contribution is -0.140. The minimum atomic E-state index is -0.636. The van der Waals surface area contributed by atoms with Crippen LogP contribution in [-0.4, -0.2) is 29.5 Å². The minimum absolute atomic E-state index is 0.00966. The van der Waals surface area contributed by atoms with Crippen LogP contribution >= 0.6 is 0 Å². The van der Waals surface area contributed by atoms with E-state index in [0.29, 0.717) is 12.1 Å². The van der Waals surface area contributed by atoms with E-state index in [2.05, 4.69) is 10.1 Å². The van der Waals surface area contributed by atoms with Gasteiger partial charge >= 0.3 is 5.97 Å². The molecule has 25 heavy (non-hydrogen) atoms. The Hall–Kier alpha value is -3.42. The third kappa shape index (κ3) is 2.89. The first-order chi connectivity index (χ1) is 11.9. The summed E-state index contributed by atoms with van der Waals surface area (Å²) in [5.41, 5.74) is 6.68. The molecule has 2 amide bonds. The number of imide groups is 1. The largest absolute Gasteiger partial charge is 0.469 e. The molecule has 3 N–H and O–H groups in total. The smallest absolute Gasteiger partial charge is 0.305 e. The number of methoxy groups -OCH3 is 1. The Morgan fingerprint density at radius 3 is 2.68 bits per heavy atom. The topological polar surface area (TPSA) is 120 Å². The Morgan fingerprint density at radius 1 is 1.20 bits per heavy atom. The molecule has 1 aromatic heterocycles. The highest BCUT2D eigenvalue weighted by atomic mass is 16.5. The maximum Gasteiger partial charge on any atom is 0.305 e. The molecule has 0 aliphatic carbocycles. The Morgan fingerprint density at radius 2 is 1.96 bits per heavy atom. The third-order valence-corrected chi connectivity index (χ3v) is 3.97. The van der Waals surface area contributed by atoms with Gasteiger partial charge < -0.3 is 10.5 Å². The molecule has 0 spiro atoms. The average molecular weight is 341 g/mol. The number of nitrogens with two attached hydrogens (primary N) is 1. The van der Waals surface area contributed by atoms with Crippen molar-refractivity contribution < 1.29 is 19.1 Å². The van der Waals surface area contributed by atoms with E-state index in [4.69, 9.17) is 5.73 Å². The molecule has 2 aromatic rings. The van der Waals surface area contributed by atoms with Crippen LogP contribution in [0.25, 0.3) is 5.69 Å². The van der Waals surface area contributed by atoms with E-state index in [-0.39, 0.29) is 29.3 Å². The number of aromatic nitrogens is 1. The van der Waals surface area contributed by atoms with Crippen LogP contribution in [0, 0.1) is 0 Å². The lowest BCUT2D eigenvalue weighted by Gasteiger charge is -2.13. The van der Waals surface area contributed by atoms with Gasteiger partial charge in [0.1, 0.15) is 5.82 Å². The summed E-state index contributed by atoms with van der Waals surface area (Å²) in [5, 5.41) is 2.12. The molecule has 0 bridgehead atoms. The van der Waals surface area contributed by atoms with E-state index >= 15 is 0 Å². The molecule has 3 rings (SSSR count). The fourth-order valence-electron chi connectivity index (χ4n) is 2.75. The molecule has 8 heteroatoms. The molecule has 0 fully saturated rings. The van der Waals surface area contributed by atoms with Gasteiger partial charge in [-0.25, -0.2) is 0 Å². The van der Waals surface area contributed by atoms with Crippen molar-refractivity contribution in [3.05, 3.63) is 57.4 Å². The van der Waals surface area contributed by atoms with Crippen LogP contribution in [0.1, 0.15) is 32.7 Å². The van der Waals surface area contributed by atoms with Crippen LogP contribution < -0.4 is 16.6 Å². The molecular formula is C17H15N3O5. The molecule has 1 aliphatic heterocycles. The van der Waals surface area contributed by atoms with Crippen LogP contribution in [0.4, 0.5) is 5.82 Å². The van der Waals surface area contributed by atoms with Crippen molar-refractivity contribution in [3.63, 3.8) is 0 Å². The summed E-state index contributed by atoms with van der Waals surface area (Å²) in [5.74, 6) is -1.71. The number of hydrogen-bond acceptors (Lipinski definition) is 6. The Kier molecular flexibility index (Phi) is 4.10. The normalized spacial score (nSPS) is 12.7. The van der Waals surface area contributed by atoms with Gasteiger partial charge in [-0.3, -0.25) is 29.1 Å². The number of pyridine rings is 1. The first-order valence-corrected chi connectivity index (χ1v) is 7.49. The zero-order chi connectivity index (χ0) is 18.1. The number of ether oxygens (including phenoxy) is 1. The first-order valence-electron chi connectivity index (χ1n) is 7.49. The number of nitrogens with one attached hydrogen (secondary N) is 1. The van der Waals surface area contributed by atoms with E-state index in [1.165, 1.54) is 11.7 Å². The van der Waals surface area contributed by atoms with Crippen molar-refractivity contribution in [3.8, 4) is 5.69 Å². The van der Waals surface area contributed by atoms with Gasteiger partial charge in [-0.05, 0) is 24.1 Å². The molecule has 1 aliphatic rings. The van der Waals surface area contributed by atoms with Crippen molar-refractivity contribution in [1.82, 2.24) is 9.88 Å². The second-order valence-electron chi connectivity index (χ2n) is 5.52. The highest BCUT2D eigenvalue weighted by molar-refractivity contribution is 6.23. The van der Waals surface area contributed by atoms with Crippen LogP contribution in [-0.2, 0) is 16.0 Å². The third-order valence-electron chi connectivity index (χ3n) is 3.97. The molecule has 1 aromatic carbocycles. The quantitative estimate of drug-likeness (QED) is 0.614. The van der Waals surface area contributed by atoms with Crippen LogP contribution in [0.2, 0.25) is 0 Å².